The van der Waals surface area contributed by atoms with Crippen molar-refractivity contribution in [3.8, 4) is 0 Å². The number of carbonyl (C=O) groups is 1. The first-order chi connectivity index (χ1) is 14.7. The molecular formula is C24H22N4O2. The number of aromatic amines is 1. The van der Waals surface area contributed by atoms with Crippen molar-refractivity contribution in [2.45, 2.75) is 12.5 Å². The molecule has 2 aromatic heterocycles. The van der Waals surface area contributed by atoms with Crippen LogP contribution in [-0.2, 0) is 11.2 Å². The highest BCUT2D eigenvalue weighted by molar-refractivity contribution is 6.10. The van der Waals surface area contributed by atoms with E-state index in [0.29, 0.717) is 24.0 Å². The number of ketones is 1. The maximum Gasteiger partial charge on any atom is 0.257 e. The number of benzene rings is 2. The van der Waals surface area contributed by atoms with Crippen LogP contribution in [-0.4, -0.2) is 46.3 Å². The Hall–Kier alpha value is -3.51. The van der Waals surface area contributed by atoms with Crippen molar-refractivity contribution >= 4 is 33.3 Å². The van der Waals surface area contributed by atoms with Crippen LogP contribution in [0, 0.1) is 0 Å². The van der Waals surface area contributed by atoms with Crippen LogP contribution >= 0.6 is 0 Å². The topological polar surface area (TPSA) is 78.1 Å². The van der Waals surface area contributed by atoms with Gasteiger partial charge in [0, 0.05) is 47.6 Å². The maximum absolute atomic E-state index is 12.3. The van der Waals surface area contributed by atoms with E-state index in [0.717, 1.165) is 35.1 Å². The van der Waals surface area contributed by atoms with Crippen LogP contribution in [0.1, 0.15) is 5.56 Å². The van der Waals surface area contributed by atoms with Crippen molar-refractivity contribution in [3.05, 3.63) is 82.8 Å². The molecule has 5 rings (SSSR count). The lowest BCUT2D eigenvalue weighted by atomic mass is 10.0. The van der Waals surface area contributed by atoms with Gasteiger partial charge in [-0.05, 0) is 17.7 Å². The largest absolute Gasteiger partial charge is 0.379 e. The SMILES string of the molecule is O=C(Cc1ccccc1)CN1CC(Nc2ccnc3[nH]c(=O)c4ccccc4c23)C1. The van der Waals surface area contributed by atoms with Crippen LogP contribution in [0.5, 0.6) is 0 Å². The second-order valence-corrected chi connectivity index (χ2v) is 7.82. The molecule has 0 radical (unpaired) electrons. The summed E-state index contributed by atoms with van der Waals surface area (Å²) in [6.45, 7) is 2.09. The Bertz CT molecular complexity index is 1280. The van der Waals surface area contributed by atoms with Crippen molar-refractivity contribution in [2.24, 2.45) is 0 Å². The van der Waals surface area contributed by atoms with Crippen molar-refractivity contribution in [3.63, 3.8) is 0 Å². The fraction of sp³-hybridized carbons (Fsp3) is 0.208. The number of hydrogen-bond acceptors (Lipinski definition) is 5. The van der Waals surface area contributed by atoms with Gasteiger partial charge in [0.25, 0.3) is 5.56 Å². The Labute approximate surface area is 173 Å². The van der Waals surface area contributed by atoms with E-state index in [1.165, 1.54) is 0 Å². The highest BCUT2D eigenvalue weighted by Gasteiger charge is 2.28. The molecule has 0 amide bonds. The minimum atomic E-state index is -0.130. The molecule has 0 atom stereocenters. The Morgan fingerprint density at radius 3 is 2.57 bits per heavy atom. The van der Waals surface area contributed by atoms with E-state index in [2.05, 4.69) is 20.2 Å². The molecule has 3 heterocycles. The highest BCUT2D eigenvalue weighted by atomic mass is 16.1. The number of nitrogens with zero attached hydrogens (tertiary/aromatic N) is 2. The molecule has 2 N–H and O–H groups in total. The maximum atomic E-state index is 12.3. The van der Waals surface area contributed by atoms with Crippen LogP contribution < -0.4 is 10.9 Å². The lowest BCUT2D eigenvalue weighted by Crippen LogP contribution is -2.56. The molecule has 0 unspecified atom stereocenters. The number of carbonyl (C=O) groups excluding carboxylic acids is 1. The van der Waals surface area contributed by atoms with Gasteiger partial charge in [-0.1, -0.05) is 48.5 Å². The Morgan fingerprint density at radius 1 is 1.03 bits per heavy atom. The van der Waals surface area contributed by atoms with Gasteiger partial charge in [0.05, 0.1) is 12.6 Å². The van der Waals surface area contributed by atoms with E-state index in [-0.39, 0.29) is 17.4 Å². The summed E-state index contributed by atoms with van der Waals surface area (Å²) in [6, 6.07) is 19.6. The average Bonchev–Trinajstić information content (AvgIpc) is 2.73. The summed E-state index contributed by atoms with van der Waals surface area (Å²) in [5.41, 5.74) is 2.46. The van der Waals surface area contributed by atoms with E-state index in [4.69, 9.17) is 0 Å². The van der Waals surface area contributed by atoms with Crippen LogP contribution in [0.4, 0.5) is 5.69 Å². The molecule has 1 saturated heterocycles. The number of anilines is 1. The van der Waals surface area contributed by atoms with Crippen molar-refractivity contribution in [1.29, 1.82) is 0 Å². The first-order valence-corrected chi connectivity index (χ1v) is 10.1. The van der Waals surface area contributed by atoms with Crippen LogP contribution in [0.15, 0.2) is 71.7 Å². The van der Waals surface area contributed by atoms with Gasteiger partial charge in [-0.2, -0.15) is 0 Å². The summed E-state index contributed by atoms with van der Waals surface area (Å²) in [4.78, 5) is 34.0. The predicted octanol–water partition coefficient (Wildman–Crippen LogP) is 2.98. The number of pyridine rings is 2. The lowest BCUT2D eigenvalue weighted by molar-refractivity contribution is -0.120. The van der Waals surface area contributed by atoms with Crippen molar-refractivity contribution in [2.75, 3.05) is 25.0 Å². The fourth-order valence-electron chi connectivity index (χ4n) is 4.16. The number of H-pyrrole nitrogens is 1. The molecule has 6 heteroatoms. The van der Waals surface area contributed by atoms with Gasteiger partial charge >= 0.3 is 0 Å². The average molecular weight is 398 g/mol. The molecule has 1 aliphatic heterocycles. The number of rotatable bonds is 6. The number of fused-ring (bicyclic) bond motifs is 3. The van der Waals surface area contributed by atoms with E-state index < -0.39 is 0 Å². The zero-order valence-corrected chi connectivity index (χ0v) is 16.5. The molecule has 1 fully saturated rings. The molecule has 0 aliphatic carbocycles. The standard InChI is InChI=1S/C24H22N4O2/c29-18(12-16-6-2-1-3-7-16)15-28-13-17(14-28)26-21-10-11-25-23-22(21)19-8-4-5-9-20(19)24(30)27-23/h1-11,17H,12-15H2,(H2,25,26,27,30). The third kappa shape index (κ3) is 3.57. The van der Waals surface area contributed by atoms with Crippen molar-refractivity contribution in [1.82, 2.24) is 14.9 Å². The predicted molar refractivity (Wildman–Crippen MR) is 119 cm³/mol. The van der Waals surface area contributed by atoms with Gasteiger partial charge in [0.15, 0.2) is 5.78 Å². The van der Waals surface area contributed by atoms with Crippen molar-refractivity contribution < 1.29 is 4.79 Å². The minimum absolute atomic E-state index is 0.130. The Balaban J connectivity index is 1.28. The zero-order chi connectivity index (χ0) is 20.5. The fourth-order valence-corrected chi connectivity index (χ4v) is 4.16. The number of nitrogens with one attached hydrogen (secondary N) is 2. The second kappa shape index (κ2) is 7.72. The summed E-state index contributed by atoms with van der Waals surface area (Å²) in [7, 11) is 0. The van der Waals surface area contributed by atoms with E-state index >= 15 is 0 Å². The first-order valence-electron chi connectivity index (χ1n) is 10.1. The number of likely N-dealkylation sites (tertiary alicyclic amines) is 1. The number of hydrogen-bond donors (Lipinski definition) is 2. The molecule has 1 aliphatic rings. The van der Waals surface area contributed by atoms with E-state index in [1.807, 2.05) is 60.7 Å². The summed E-state index contributed by atoms with van der Waals surface area (Å²) < 4.78 is 0. The van der Waals surface area contributed by atoms with Gasteiger partial charge in [-0.15, -0.1) is 0 Å². The van der Waals surface area contributed by atoms with Crippen LogP contribution in [0.3, 0.4) is 0 Å². The number of Topliss-reactive ketones (excluding diaryl/α,β-unsaturated/α-hetero) is 1. The van der Waals surface area contributed by atoms with Gasteiger partial charge in [0.2, 0.25) is 0 Å². The van der Waals surface area contributed by atoms with Gasteiger partial charge in [-0.25, -0.2) is 4.98 Å². The minimum Gasteiger partial charge on any atom is -0.379 e. The first kappa shape index (κ1) is 18.5. The molecule has 4 aromatic rings. The highest BCUT2D eigenvalue weighted by Crippen LogP contribution is 2.28. The summed E-state index contributed by atoms with van der Waals surface area (Å²) in [5, 5.41) is 6.04. The van der Waals surface area contributed by atoms with E-state index in [1.54, 1.807) is 6.20 Å². The smallest absolute Gasteiger partial charge is 0.257 e. The molecule has 30 heavy (non-hydrogen) atoms. The molecular weight excluding hydrogens is 376 g/mol. The Kier molecular flexibility index (Phi) is 4.77. The lowest BCUT2D eigenvalue weighted by Gasteiger charge is -2.39. The van der Waals surface area contributed by atoms with Gasteiger partial charge in [-0.3, -0.25) is 14.5 Å². The quantitative estimate of drug-likeness (QED) is 0.488. The molecule has 6 nitrogen and oxygen atoms in total. The molecule has 150 valence electrons. The van der Waals surface area contributed by atoms with E-state index in [9.17, 15) is 9.59 Å². The molecule has 0 spiro atoms. The summed E-state index contributed by atoms with van der Waals surface area (Å²) >= 11 is 0. The van der Waals surface area contributed by atoms with Gasteiger partial charge in [0.1, 0.15) is 5.65 Å². The number of aromatic nitrogens is 2. The summed E-state index contributed by atoms with van der Waals surface area (Å²) in [5.74, 6) is 0.234. The van der Waals surface area contributed by atoms with Crippen LogP contribution in [0.25, 0.3) is 21.8 Å². The normalized spacial score (nSPS) is 14.7. The molecule has 2 aromatic carbocycles. The van der Waals surface area contributed by atoms with Crippen LogP contribution in [0.2, 0.25) is 0 Å². The third-order valence-electron chi connectivity index (χ3n) is 5.58. The third-order valence-corrected chi connectivity index (χ3v) is 5.58. The molecule has 0 saturated carbocycles. The zero-order valence-electron chi connectivity index (χ0n) is 16.5. The Morgan fingerprint density at radius 2 is 1.77 bits per heavy atom. The van der Waals surface area contributed by atoms with Gasteiger partial charge < -0.3 is 10.3 Å². The summed E-state index contributed by atoms with van der Waals surface area (Å²) in [6.07, 6.45) is 2.18. The monoisotopic (exact) mass is 398 g/mol. The molecule has 0 bridgehead atoms. The second-order valence-electron chi connectivity index (χ2n) is 7.82.